The highest BCUT2D eigenvalue weighted by Crippen LogP contribution is 2.29. The quantitative estimate of drug-likeness (QED) is 0.493. The van der Waals surface area contributed by atoms with Gasteiger partial charge in [0.15, 0.2) is 0 Å². The lowest BCUT2D eigenvalue weighted by molar-refractivity contribution is 0.0991. The van der Waals surface area contributed by atoms with E-state index in [4.69, 9.17) is 10.5 Å². The molecule has 4 aromatic rings. The van der Waals surface area contributed by atoms with Crippen LogP contribution in [0.15, 0.2) is 47.3 Å². The van der Waals surface area contributed by atoms with E-state index in [0.717, 1.165) is 22.3 Å². The molecule has 1 amide bonds. The lowest BCUT2D eigenvalue weighted by Gasteiger charge is -2.13. The van der Waals surface area contributed by atoms with Crippen molar-refractivity contribution in [2.24, 2.45) is 19.8 Å². The summed E-state index contributed by atoms with van der Waals surface area (Å²) in [5.41, 5.74) is 10.1. The minimum atomic E-state index is -0.513. The zero-order chi connectivity index (χ0) is 23.0. The molecule has 2 N–H and O–H groups in total. The average molecular weight is 433 g/mol. The third-order valence-corrected chi connectivity index (χ3v) is 5.29. The molecule has 0 aliphatic rings. The van der Waals surface area contributed by atoms with Crippen LogP contribution in [0.25, 0.3) is 16.9 Å². The van der Waals surface area contributed by atoms with E-state index >= 15 is 0 Å². The van der Waals surface area contributed by atoms with E-state index in [1.807, 2.05) is 50.2 Å². The molecule has 4 rings (SSSR count). The van der Waals surface area contributed by atoms with Crippen molar-refractivity contribution in [2.45, 2.75) is 20.5 Å². The van der Waals surface area contributed by atoms with Crippen LogP contribution in [0.4, 0.5) is 0 Å². The summed E-state index contributed by atoms with van der Waals surface area (Å²) < 4.78 is 9.96. The first-order valence-electron chi connectivity index (χ1n) is 9.92. The number of aryl methyl sites for hydroxylation is 3. The van der Waals surface area contributed by atoms with Gasteiger partial charge in [-0.2, -0.15) is 14.5 Å². The van der Waals surface area contributed by atoms with Gasteiger partial charge < -0.3 is 10.5 Å². The van der Waals surface area contributed by atoms with Crippen molar-refractivity contribution in [1.82, 2.24) is 29.6 Å². The maximum absolute atomic E-state index is 12.2. The summed E-state index contributed by atoms with van der Waals surface area (Å²) in [5, 5.41) is 12.1. The maximum Gasteiger partial charge on any atom is 0.368 e. The molecule has 2 aromatic carbocycles. The summed E-state index contributed by atoms with van der Waals surface area (Å²) in [5.74, 6) is 0.181. The van der Waals surface area contributed by atoms with Crippen molar-refractivity contribution in [3.8, 4) is 22.7 Å². The zero-order valence-corrected chi connectivity index (χ0v) is 18.2. The lowest BCUT2D eigenvalue weighted by atomic mass is 10.0. The van der Waals surface area contributed by atoms with E-state index in [9.17, 15) is 9.59 Å². The van der Waals surface area contributed by atoms with Crippen molar-refractivity contribution in [3.05, 3.63) is 75.3 Å². The van der Waals surface area contributed by atoms with Crippen LogP contribution in [0, 0.1) is 13.8 Å². The molecular formula is C22H23N7O3. The van der Waals surface area contributed by atoms with E-state index in [0.29, 0.717) is 22.8 Å². The highest BCUT2D eigenvalue weighted by atomic mass is 16.5. The van der Waals surface area contributed by atoms with Crippen molar-refractivity contribution in [3.63, 3.8) is 0 Å². The molecule has 0 spiro atoms. The van der Waals surface area contributed by atoms with Gasteiger partial charge in [-0.25, -0.2) is 4.79 Å². The fourth-order valence-corrected chi connectivity index (χ4v) is 3.67. The molecule has 0 aliphatic carbocycles. The van der Waals surface area contributed by atoms with Crippen molar-refractivity contribution >= 4 is 5.91 Å². The lowest BCUT2D eigenvalue weighted by Crippen LogP contribution is -2.23. The van der Waals surface area contributed by atoms with E-state index in [2.05, 4.69) is 15.5 Å². The van der Waals surface area contributed by atoms with E-state index in [1.165, 1.54) is 14.0 Å². The number of nitrogens with zero attached hydrogens (tertiary/aromatic N) is 6. The summed E-state index contributed by atoms with van der Waals surface area (Å²) in [6.07, 6.45) is 0. The highest BCUT2D eigenvalue weighted by Gasteiger charge is 2.18. The van der Waals surface area contributed by atoms with Crippen LogP contribution in [0.2, 0.25) is 0 Å². The topological polar surface area (TPSA) is 123 Å². The van der Waals surface area contributed by atoms with Crippen molar-refractivity contribution in [2.75, 3.05) is 0 Å². The average Bonchev–Trinajstić information content (AvgIpc) is 3.25. The van der Waals surface area contributed by atoms with Crippen LogP contribution in [-0.2, 0) is 20.7 Å². The Balaban J connectivity index is 1.59. The van der Waals surface area contributed by atoms with Crippen molar-refractivity contribution < 1.29 is 9.53 Å². The summed E-state index contributed by atoms with van der Waals surface area (Å²) in [6, 6.07) is 13.1. The molecule has 164 valence electrons. The second-order valence-corrected chi connectivity index (χ2v) is 7.50. The smallest absolute Gasteiger partial charge is 0.368 e. The van der Waals surface area contributed by atoms with Crippen molar-refractivity contribution in [1.29, 1.82) is 0 Å². The number of nitrogens with two attached hydrogens (primary N) is 1. The summed E-state index contributed by atoms with van der Waals surface area (Å²) in [7, 11) is 3.24. The van der Waals surface area contributed by atoms with E-state index < -0.39 is 5.91 Å². The Kier molecular flexibility index (Phi) is 5.35. The van der Waals surface area contributed by atoms with Crippen LogP contribution in [-0.4, -0.2) is 35.5 Å². The van der Waals surface area contributed by atoms with E-state index in [-0.39, 0.29) is 12.3 Å². The van der Waals surface area contributed by atoms with Crippen LogP contribution >= 0.6 is 0 Å². The standard InChI is InChI=1S/C22H23N7O3/c1-13-11-15(19-14(2)20(21(23)30)27(3)24-19)9-10-18(13)32-12-16-7-5-6-8-17(16)29-22(31)28(4)25-26-29/h5-11H,12H2,1-4H3,(H2,23,30). The largest absolute Gasteiger partial charge is 0.489 e. The second-order valence-electron chi connectivity index (χ2n) is 7.50. The predicted octanol–water partition coefficient (Wildman–Crippen LogP) is 1.66. The van der Waals surface area contributed by atoms with Gasteiger partial charge in [-0.3, -0.25) is 9.48 Å². The molecule has 2 heterocycles. The molecular weight excluding hydrogens is 410 g/mol. The number of carbonyl (C=O) groups is 1. The number of carbonyl (C=O) groups excluding carboxylic acids is 1. The SMILES string of the molecule is Cc1cc(-c2nn(C)c(C(N)=O)c2C)ccc1OCc1ccccc1-n1nnn(C)c1=O. The number of para-hydroxylation sites is 1. The van der Waals surface area contributed by atoms with Gasteiger partial charge in [0.2, 0.25) is 0 Å². The fourth-order valence-electron chi connectivity index (χ4n) is 3.67. The molecule has 10 heteroatoms. The van der Waals surface area contributed by atoms with Gasteiger partial charge in [0.1, 0.15) is 18.1 Å². The summed E-state index contributed by atoms with van der Waals surface area (Å²) in [4.78, 5) is 23.9. The molecule has 2 aromatic heterocycles. The summed E-state index contributed by atoms with van der Waals surface area (Å²) >= 11 is 0. The Morgan fingerprint density at radius 2 is 1.81 bits per heavy atom. The summed E-state index contributed by atoms with van der Waals surface area (Å²) in [6.45, 7) is 4.01. The normalized spacial score (nSPS) is 11.0. The van der Waals surface area contributed by atoms with E-state index in [1.54, 1.807) is 20.2 Å². The Hall–Kier alpha value is -4.21. The second kappa shape index (κ2) is 8.14. The fraction of sp³-hybridized carbons (Fsp3) is 0.227. The number of aromatic nitrogens is 6. The predicted molar refractivity (Wildman–Crippen MR) is 118 cm³/mol. The number of rotatable bonds is 6. The number of benzene rings is 2. The minimum Gasteiger partial charge on any atom is -0.489 e. The molecule has 0 aliphatic heterocycles. The van der Waals surface area contributed by atoms with Crippen LogP contribution in [0.1, 0.15) is 27.2 Å². The molecule has 0 radical (unpaired) electrons. The number of hydrogen-bond donors (Lipinski definition) is 1. The third-order valence-electron chi connectivity index (χ3n) is 5.29. The van der Waals surface area contributed by atoms with Gasteiger partial charge in [0, 0.05) is 30.8 Å². The number of ether oxygens (including phenoxy) is 1. The molecule has 0 saturated carbocycles. The van der Waals surface area contributed by atoms with Gasteiger partial charge in [0.25, 0.3) is 5.91 Å². The first-order valence-corrected chi connectivity index (χ1v) is 9.92. The first-order chi connectivity index (χ1) is 15.3. The molecule has 0 atom stereocenters. The van der Waals surface area contributed by atoms with Crippen LogP contribution < -0.4 is 16.2 Å². The van der Waals surface area contributed by atoms with Gasteiger partial charge in [-0.05, 0) is 54.1 Å². The van der Waals surface area contributed by atoms with Gasteiger partial charge in [-0.1, -0.05) is 18.2 Å². The minimum absolute atomic E-state index is 0.244. The van der Waals surface area contributed by atoms with Gasteiger partial charge in [-0.15, -0.1) is 0 Å². The zero-order valence-electron chi connectivity index (χ0n) is 18.2. The molecule has 0 fully saturated rings. The molecule has 32 heavy (non-hydrogen) atoms. The Morgan fingerprint density at radius 3 is 2.44 bits per heavy atom. The third kappa shape index (κ3) is 3.66. The van der Waals surface area contributed by atoms with Crippen LogP contribution in [0.3, 0.4) is 0 Å². The van der Waals surface area contributed by atoms with Gasteiger partial charge >= 0.3 is 5.69 Å². The highest BCUT2D eigenvalue weighted by molar-refractivity contribution is 5.94. The Morgan fingerprint density at radius 1 is 1.06 bits per heavy atom. The first kappa shape index (κ1) is 21.0. The Labute approximate surface area is 183 Å². The number of hydrogen-bond acceptors (Lipinski definition) is 6. The monoisotopic (exact) mass is 433 g/mol. The maximum atomic E-state index is 12.2. The number of primary amides is 1. The number of tetrazole rings is 1. The van der Waals surface area contributed by atoms with Crippen LogP contribution in [0.5, 0.6) is 5.75 Å². The molecule has 10 nitrogen and oxygen atoms in total. The van der Waals surface area contributed by atoms with Gasteiger partial charge in [0.05, 0.1) is 11.4 Å². The number of amides is 1. The molecule has 0 saturated heterocycles. The Bertz CT molecular complexity index is 1380. The molecule has 0 bridgehead atoms. The molecule has 0 unspecified atom stereocenters.